The van der Waals surface area contributed by atoms with Crippen LogP contribution in [0.4, 0.5) is 0 Å². The molecule has 30 heavy (non-hydrogen) atoms. The smallest absolute Gasteiger partial charge is 0.0619 e. The van der Waals surface area contributed by atoms with Crippen molar-refractivity contribution in [3.8, 4) is 16.8 Å². The zero-order valence-corrected chi connectivity index (χ0v) is 16.8. The molecule has 5 aromatic carbocycles. The maximum absolute atomic E-state index is 2.42. The third-order valence-corrected chi connectivity index (χ3v) is 6.04. The first-order valence-electron chi connectivity index (χ1n) is 10.4. The molecule has 6 aromatic rings. The Balaban J connectivity index is 1.68. The van der Waals surface area contributed by atoms with Crippen LogP contribution in [0.15, 0.2) is 109 Å². The minimum absolute atomic E-state index is 1.19. The van der Waals surface area contributed by atoms with Gasteiger partial charge in [0.05, 0.1) is 11.0 Å². The molecule has 1 nitrogen and oxygen atoms in total. The van der Waals surface area contributed by atoms with Gasteiger partial charge in [0, 0.05) is 21.8 Å². The molecule has 0 bridgehead atoms. The predicted octanol–water partition coefficient (Wildman–Crippen LogP) is 7.91. The van der Waals surface area contributed by atoms with E-state index >= 15 is 0 Å². The Morgan fingerprint density at radius 2 is 1.27 bits per heavy atom. The Morgan fingerprint density at radius 1 is 0.533 bits per heavy atom. The summed E-state index contributed by atoms with van der Waals surface area (Å²) in [5.41, 5.74) is 7.48. The summed E-state index contributed by atoms with van der Waals surface area (Å²) in [4.78, 5) is 0. The molecule has 0 saturated carbocycles. The molecule has 1 aromatic heterocycles. The van der Waals surface area contributed by atoms with Crippen molar-refractivity contribution >= 4 is 32.6 Å². The zero-order chi connectivity index (χ0) is 20.1. The van der Waals surface area contributed by atoms with Gasteiger partial charge in [0.1, 0.15) is 0 Å². The highest BCUT2D eigenvalue weighted by Gasteiger charge is 2.15. The lowest BCUT2D eigenvalue weighted by atomic mass is 10.0. The van der Waals surface area contributed by atoms with Crippen LogP contribution in [0.2, 0.25) is 0 Å². The lowest BCUT2D eigenvalue weighted by Gasteiger charge is -2.11. The van der Waals surface area contributed by atoms with Gasteiger partial charge in [-0.25, -0.2) is 0 Å². The van der Waals surface area contributed by atoms with E-state index in [1.807, 2.05) is 0 Å². The Kier molecular flexibility index (Phi) is 3.75. The number of rotatable bonds is 2. The molecule has 1 heterocycles. The van der Waals surface area contributed by atoms with Crippen LogP contribution in [-0.4, -0.2) is 4.57 Å². The standard InChI is InChI=1S/C29H21N/c1-20-11-18-28-27(19-20)26-17-14-23-9-5-6-10-25(23)29(26)30(28)24-15-12-22(13-16-24)21-7-3-2-4-8-21/h2-19H,1H3. The number of aromatic nitrogens is 1. The van der Waals surface area contributed by atoms with E-state index < -0.39 is 0 Å². The molecular weight excluding hydrogens is 362 g/mol. The van der Waals surface area contributed by atoms with E-state index in [2.05, 4.69) is 121 Å². The van der Waals surface area contributed by atoms with Crippen LogP contribution in [0.3, 0.4) is 0 Å². The molecule has 0 N–H and O–H groups in total. The Hall–Kier alpha value is -3.84. The van der Waals surface area contributed by atoms with Gasteiger partial charge < -0.3 is 4.57 Å². The number of nitrogens with zero attached hydrogens (tertiary/aromatic N) is 1. The predicted molar refractivity (Wildman–Crippen MR) is 128 cm³/mol. The fraction of sp³-hybridized carbons (Fsp3) is 0.0345. The van der Waals surface area contributed by atoms with Crippen LogP contribution in [0.25, 0.3) is 49.4 Å². The number of benzene rings is 5. The SMILES string of the molecule is Cc1ccc2c(c1)c1ccc3ccccc3c1n2-c1ccc(-c2ccccc2)cc1. The molecule has 0 unspecified atom stereocenters. The van der Waals surface area contributed by atoms with Crippen LogP contribution >= 0.6 is 0 Å². The summed E-state index contributed by atoms with van der Waals surface area (Å²) in [5.74, 6) is 0. The molecule has 6 rings (SSSR count). The summed E-state index contributed by atoms with van der Waals surface area (Å²) in [7, 11) is 0. The van der Waals surface area contributed by atoms with Crippen molar-refractivity contribution in [2.24, 2.45) is 0 Å². The number of hydrogen-bond donors (Lipinski definition) is 0. The second kappa shape index (κ2) is 6.60. The Morgan fingerprint density at radius 3 is 2.10 bits per heavy atom. The average Bonchev–Trinajstić information content (AvgIpc) is 3.14. The van der Waals surface area contributed by atoms with Crippen LogP contribution in [-0.2, 0) is 0 Å². The maximum Gasteiger partial charge on any atom is 0.0619 e. The van der Waals surface area contributed by atoms with E-state index in [4.69, 9.17) is 0 Å². The van der Waals surface area contributed by atoms with Crippen LogP contribution < -0.4 is 0 Å². The first-order valence-corrected chi connectivity index (χ1v) is 10.4. The zero-order valence-electron chi connectivity index (χ0n) is 16.8. The van der Waals surface area contributed by atoms with Gasteiger partial charge in [0.25, 0.3) is 0 Å². The first kappa shape index (κ1) is 17.1. The minimum Gasteiger partial charge on any atom is -0.309 e. The topological polar surface area (TPSA) is 4.93 Å². The molecule has 0 spiro atoms. The Bertz CT molecular complexity index is 1520. The van der Waals surface area contributed by atoms with Gasteiger partial charge >= 0.3 is 0 Å². The third-order valence-electron chi connectivity index (χ3n) is 6.04. The average molecular weight is 383 g/mol. The van der Waals surface area contributed by atoms with Crippen molar-refractivity contribution in [3.63, 3.8) is 0 Å². The Labute approximate surface area is 175 Å². The molecule has 142 valence electrons. The highest BCUT2D eigenvalue weighted by Crippen LogP contribution is 2.37. The second-order valence-corrected chi connectivity index (χ2v) is 7.95. The first-order chi connectivity index (χ1) is 14.8. The molecule has 0 saturated heterocycles. The van der Waals surface area contributed by atoms with Crippen molar-refractivity contribution < 1.29 is 0 Å². The molecule has 0 radical (unpaired) electrons. The lowest BCUT2D eigenvalue weighted by Crippen LogP contribution is -1.94. The quantitative estimate of drug-likeness (QED) is 0.286. The fourth-order valence-electron chi connectivity index (χ4n) is 4.60. The summed E-state index contributed by atoms with van der Waals surface area (Å²) in [6.45, 7) is 2.16. The number of hydrogen-bond acceptors (Lipinski definition) is 0. The van der Waals surface area contributed by atoms with E-state index in [1.54, 1.807) is 0 Å². The molecule has 0 aliphatic carbocycles. The largest absolute Gasteiger partial charge is 0.309 e. The highest BCUT2D eigenvalue weighted by atomic mass is 15.0. The van der Waals surface area contributed by atoms with E-state index in [0.29, 0.717) is 0 Å². The fourth-order valence-corrected chi connectivity index (χ4v) is 4.60. The van der Waals surface area contributed by atoms with Gasteiger partial charge in [-0.2, -0.15) is 0 Å². The van der Waals surface area contributed by atoms with E-state index in [0.717, 1.165) is 0 Å². The summed E-state index contributed by atoms with van der Waals surface area (Å²) >= 11 is 0. The van der Waals surface area contributed by atoms with Gasteiger partial charge in [-0.3, -0.25) is 0 Å². The van der Waals surface area contributed by atoms with E-state index in [-0.39, 0.29) is 0 Å². The summed E-state index contributed by atoms with van der Waals surface area (Å²) in [6.07, 6.45) is 0. The molecule has 0 aliphatic heterocycles. The lowest BCUT2D eigenvalue weighted by molar-refractivity contribution is 1.19. The van der Waals surface area contributed by atoms with Crippen LogP contribution in [0.5, 0.6) is 0 Å². The number of fused-ring (bicyclic) bond motifs is 5. The van der Waals surface area contributed by atoms with Crippen molar-refractivity contribution in [1.29, 1.82) is 0 Å². The second-order valence-electron chi connectivity index (χ2n) is 7.95. The van der Waals surface area contributed by atoms with Gasteiger partial charge in [-0.05, 0) is 47.7 Å². The van der Waals surface area contributed by atoms with E-state index in [1.165, 1.54) is 55.0 Å². The molecule has 0 fully saturated rings. The van der Waals surface area contributed by atoms with Gasteiger partial charge in [-0.1, -0.05) is 90.5 Å². The number of aryl methyl sites for hydroxylation is 1. The summed E-state index contributed by atoms with van der Waals surface area (Å²) in [5, 5.41) is 5.17. The normalized spacial score (nSPS) is 11.5. The highest BCUT2D eigenvalue weighted by molar-refractivity contribution is 6.18. The van der Waals surface area contributed by atoms with Gasteiger partial charge in [0.2, 0.25) is 0 Å². The molecule has 0 aliphatic rings. The molecular formula is C29H21N. The molecule has 0 amide bonds. The van der Waals surface area contributed by atoms with Gasteiger partial charge in [-0.15, -0.1) is 0 Å². The van der Waals surface area contributed by atoms with Gasteiger partial charge in [0.15, 0.2) is 0 Å². The molecule has 1 heteroatoms. The monoisotopic (exact) mass is 383 g/mol. The summed E-state index contributed by atoms with van der Waals surface area (Å²) in [6, 6.07) is 39.4. The van der Waals surface area contributed by atoms with Crippen LogP contribution in [0, 0.1) is 6.92 Å². The van der Waals surface area contributed by atoms with Crippen molar-refractivity contribution in [1.82, 2.24) is 4.57 Å². The van der Waals surface area contributed by atoms with Crippen molar-refractivity contribution in [2.75, 3.05) is 0 Å². The van der Waals surface area contributed by atoms with Crippen LogP contribution in [0.1, 0.15) is 5.56 Å². The van der Waals surface area contributed by atoms with Crippen molar-refractivity contribution in [3.05, 3.63) is 115 Å². The molecule has 0 atom stereocenters. The van der Waals surface area contributed by atoms with Crippen molar-refractivity contribution in [2.45, 2.75) is 6.92 Å². The van der Waals surface area contributed by atoms with E-state index in [9.17, 15) is 0 Å². The maximum atomic E-state index is 2.42. The summed E-state index contributed by atoms with van der Waals surface area (Å²) < 4.78 is 2.42. The minimum atomic E-state index is 1.19. The third kappa shape index (κ3) is 2.56.